The third kappa shape index (κ3) is 2.48. The molecule has 3 heteroatoms. The van der Waals surface area contributed by atoms with Crippen LogP contribution in [0, 0.1) is 12.7 Å². The van der Waals surface area contributed by atoms with E-state index < -0.39 is 0 Å². The Balaban J connectivity index is 1.82. The summed E-state index contributed by atoms with van der Waals surface area (Å²) in [6.07, 6.45) is 2.30. The first-order valence-electron chi connectivity index (χ1n) is 7.09. The van der Waals surface area contributed by atoms with E-state index in [0.29, 0.717) is 12.2 Å². The Bertz CT molecular complexity index is 602. The van der Waals surface area contributed by atoms with Crippen LogP contribution in [0.4, 0.5) is 15.8 Å². The average molecular weight is 270 g/mol. The van der Waals surface area contributed by atoms with Crippen molar-refractivity contribution in [2.24, 2.45) is 0 Å². The Morgan fingerprint density at radius 3 is 2.90 bits per heavy atom. The van der Waals surface area contributed by atoms with Gasteiger partial charge in [0.25, 0.3) is 0 Å². The van der Waals surface area contributed by atoms with Crippen molar-refractivity contribution in [2.75, 3.05) is 17.2 Å². The van der Waals surface area contributed by atoms with Gasteiger partial charge in [-0.3, -0.25) is 0 Å². The van der Waals surface area contributed by atoms with Gasteiger partial charge in [-0.2, -0.15) is 0 Å². The van der Waals surface area contributed by atoms with Crippen molar-refractivity contribution >= 4 is 11.4 Å². The van der Waals surface area contributed by atoms with Gasteiger partial charge in [0.2, 0.25) is 0 Å². The number of aryl methyl sites for hydroxylation is 2. The first-order chi connectivity index (χ1) is 9.75. The second-order valence-electron chi connectivity index (χ2n) is 5.27. The van der Waals surface area contributed by atoms with Gasteiger partial charge < -0.3 is 10.6 Å². The van der Waals surface area contributed by atoms with E-state index in [0.717, 1.165) is 18.5 Å². The number of hydrogen-bond acceptors (Lipinski definition) is 2. The predicted octanol–water partition coefficient (Wildman–Crippen LogP) is 4.10. The van der Waals surface area contributed by atoms with E-state index in [-0.39, 0.29) is 5.82 Å². The summed E-state index contributed by atoms with van der Waals surface area (Å²) >= 11 is 0. The number of fused-ring (bicyclic) bond motifs is 1. The first-order valence-corrected chi connectivity index (χ1v) is 7.09. The highest BCUT2D eigenvalue weighted by molar-refractivity contribution is 5.61. The van der Waals surface area contributed by atoms with E-state index in [4.69, 9.17) is 0 Å². The molecule has 2 nitrogen and oxygen atoms in total. The SMILES string of the molecule is Cc1cccc(F)c1NCc1cccc2c1NCCC2. The molecule has 0 atom stereocenters. The van der Waals surface area contributed by atoms with Crippen LogP contribution in [0.3, 0.4) is 0 Å². The minimum atomic E-state index is -0.192. The fraction of sp³-hybridized carbons (Fsp3) is 0.294. The molecule has 0 unspecified atom stereocenters. The topological polar surface area (TPSA) is 24.1 Å². The zero-order chi connectivity index (χ0) is 13.9. The number of rotatable bonds is 3. The van der Waals surface area contributed by atoms with Gasteiger partial charge in [0.05, 0.1) is 5.69 Å². The summed E-state index contributed by atoms with van der Waals surface area (Å²) in [6, 6.07) is 11.5. The monoisotopic (exact) mass is 270 g/mol. The van der Waals surface area contributed by atoms with Gasteiger partial charge in [0.1, 0.15) is 5.82 Å². The molecule has 0 amide bonds. The largest absolute Gasteiger partial charge is 0.385 e. The normalized spacial score (nSPS) is 13.5. The summed E-state index contributed by atoms with van der Waals surface area (Å²) in [7, 11) is 0. The molecule has 104 valence electrons. The lowest BCUT2D eigenvalue weighted by Gasteiger charge is -2.22. The summed E-state index contributed by atoms with van der Waals surface area (Å²) < 4.78 is 13.8. The molecule has 0 bridgehead atoms. The highest BCUT2D eigenvalue weighted by Gasteiger charge is 2.12. The summed E-state index contributed by atoms with van der Waals surface area (Å²) in [5.74, 6) is -0.192. The molecule has 2 aromatic rings. The molecule has 0 saturated heterocycles. The minimum absolute atomic E-state index is 0.192. The van der Waals surface area contributed by atoms with Gasteiger partial charge in [-0.15, -0.1) is 0 Å². The summed E-state index contributed by atoms with van der Waals surface area (Å²) in [5.41, 5.74) is 5.31. The maximum absolute atomic E-state index is 13.8. The van der Waals surface area contributed by atoms with Gasteiger partial charge in [-0.05, 0) is 42.5 Å². The molecule has 0 spiro atoms. The van der Waals surface area contributed by atoms with Crippen molar-refractivity contribution in [3.05, 3.63) is 58.9 Å². The van der Waals surface area contributed by atoms with Crippen LogP contribution >= 0.6 is 0 Å². The lowest BCUT2D eigenvalue weighted by Crippen LogP contribution is -2.15. The molecule has 0 saturated carbocycles. The Hall–Kier alpha value is -2.03. The van der Waals surface area contributed by atoms with Gasteiger partial charge >= 0.3 is 0 Å². The van der Waals surface area contributed by atoms with Crippen LogP contribution in [0.25, 0.3) is 0 Å². The average Bonchev–Trinajstić information content (AvgIpc) is 2.47. The Morgan fingerprint density at radius 2 is 2.05 bits per heavy atom. The zero-order valence-electron chi connectivity index (χ0n) is 11.7. The predicted molar refractivity (Wildman–Crippen MR) is 81.7 cm³/mol. The van der Waals surface area contributed by atoms with Crippen LogP contribution in [0.2, 0.25) is 0 Å². The van der Waals surface area contributed by atoms with Crippen molar-refractivity contribution in [1.82, 2.24) is 0 Å². The molecular weight excluding hydrogens is 251 g/mol. The van der Waals surface area contributed by atoms with Crippen molar-refractivity contribution in [1.29, 1.82) is 0 Å². The highest BCUT2D eigenvalue weighted by Crippen LogP contribution is 2.27. The lowest BCUT2D eigenvalue weighted by atomic mass is 9.99. The van der Waals surface area contributed by atoms with Crippen LogP contribution in [0.15, 0.2) is 36.4 Å². The van der Waals surface area contributed by atoms with Crippen molar-refractivity contribution < 1.29 is 4.39 Å². The van der Waals surface area contributed by atoms with Crippen LogP contribution in [0.1, 0.15) is 23.1 Å². The third-order valence-corrected chi connectivity index (χ3v) is 3.84. The van der Waals surface area contributed by atoms with Crippen molar-refractivity contribution in [3.8, 4) is 0 Å². The lowest BCUT2D eigenvalue weighted by molar-refractivity contribution is 0.629. The van der Waals surface area contributed by atoms with Crippen LogP contribution in [-0.4, -0.2) is 6.54 Å². The molecule has 2 N–H and O–H groups in total. The van der Waals surface area contributed by atoms with E-state index >= 15 is 0 Å². The second kappa shape index (κ2) is 5.53. The van der Waals surface area contributed by atoms with Crippen molar-refractivity contribution in [3.63, 3.8) is 0 Å². The number of halogens is 1. The van der Waals surface area contributed by atoms with Crippen molar-refractivity contribution in [2.45, 2.75) is 26.3 Å². The molecule has 1 aliphatic rings. The fourth-order valence-corrected chi connectivity index (χ4v) is 2.77. The number of para-hydroxylation sites is 2. The van der Waals surface area contributed by atoms with Gasteiger partial charge in [-0.1, -0.05) is 30.3 Å². The molecule has 20 heavy (non-hydrogen) atoms. The standard InChI is InChI=1S/C17H19FN2/c1-12-5-2-9-15(18)16(12)20-11-14-7-3-6-13-8-4-10-19-17(13)14/h2-3,5-7,9,19-20H,4,8,10-11H2,1H3. The van der Waals surface area contributed by atoms with Gasteiger partial charge in [-0.25, -0.2) is 4.39 Å². The van der Waals surface area contributed by atoms with E-state index in [9.17, 15) is 4.39 Å². The highest BCUT2D eigenvalue weighted by atomic mass is 19.1. The zero-order valence-corrected chi connectivity index (χ0v) is 11.7. The molecular formula is C17H19FN2. The van der Waals surface area contributed by atoms with Crippen LogP contribution < -0.4 is 10.6 Å². The van der Waals surface area contributed by atoms with Gasteiger partial charge in [0, 0.05) is 18.8 Å². The molecule has 3 rings (SSSR count). The maximum Gasteiger partial charge on any atom is 0.146 e. The van der Waals surface area contributed by atoms with Crippen LogP contribution in [-0.2, 0) is 13.0 Å². The Kier molecular flexibility index (Phi) is 3.59. The van der Waals surface area contributed by atoms with Crippen LogP contribution in [0.5, 0.6) is 0 Å². The molecule has 1 aliphatic heterocycles. The van der Waals surface area contributed by atoms with E-state index in [2.05, 4.69) is 28.8 Å². The molecule has 0 aliphatic carbocycles. The minimum Gasteiger partial charge on any atom is -0.385 e. The summed E-state index contributed by atoms with van der Waals surface area (Å²) in [6.45, 7) is 3.57. The smallest absolute Gasteiger partial charge is 0.146 e. The summed E-state index contributed by atoms with van der Waals surface area (Å²) in [5, 5.41) is 6.70. The Labute approximate surface area is 119 Å². The molecule has 0 fully saturated rings. The van der Waals surface area contributed by atoms with Gasteiger partial charge in [0.15, 0.2) is 0 Å². The molecule has 1 heterocycles. The van der Waals surface area contributed by atoms with E-state index in [1.54, 1.807) is 6.07 Å². The first kappa shape index (κ1) is 13.0. The number of benzene rings is 2. The number of hydrogen-bond donors (Lipinski definition) is 2. The van der Waals surface area contributed by atoms with E-state index in [1.165, 1.54) is 29.3 Å². The maximum atomic E-state index is 13.8. The molecule has 2 aromatic carbocycles. The van der Waals surface area contributed by atoms with E-state index in [1.807, 2.05) is 13.0 Å². The quantitative estimate of drug-likeness (QED) is 0.877. The fourth-order valence-electron chi connectivity index (χ4n) is 2.77. The number of nitrogens with one attached hydrogen (secondary N) is 2. The number of anilines is 2. The Morgan fingerprint density at radius 1 is 1.20 bits per heavy atom. The second-order valence-corrected chi connectivity index (χ2v) is 5.27. The molecule has 0 radical (unpaired) electrons. The third-order valence-electron chi connectivity index (χ3n) is 3.84. The summed E-state index contributed by atoms with van der Waals surface area (Å²) in [4.78, 5) is 0. The molecule has 0 aromatic heterocycles.